The number of benzene rings is 2. The number of likely N-dealkylation sites (tertiary alicyclic amines) is 1. The van der Waals surface area contributed by atoms with Gasteiger partial charge in [-0.1, -0.05) is 23.7 Å². The van der Waals surface area contributed by atoms with E-state index in [0.29, 0.717) is 18.1 Å². The van der Waals surface area contributed by atoms with Crippen molar-refractivity contribution in [1.82, 2.24) is 5.32 Å². The van der Waals surface area contributed by atoms with Gasteiger partial charge < -0.3 is 19.7 Å². The summed E-state index contributed by atoms with van der Waals surface area (Å²) < 4.78 is 10.9. The van der Waals surface area contributed by atoms with E-state index >= 15 is 0 Å². The molecule has 0 saturated carbocycles. The molecule has 1 aliphatic heterocycles. The highest BCUT2D eigenvalue weighted by molar-refractivity contribution is 6.30. The van der Waals surface area contributed by atoms with Crippen LogP contribution in [0, 0.1) is 0 Å². The third kappa shape index (κ3) is 4.93. The first-order valence-electron chi connectivity index (χ1n) is 9.18. The van der Waals surface area contributed by atoms with E-state index in [0.717, 1.165) is 42.0 Å². The van der Waals surface area contributed by atoms with Gasteiger partial charge in [0.2, 0.25) is 0 Å². The minimum Gasteiger partial charge on any atom is -0.497 e. The monoisotopic (exact) mass is 389 g/mol. The molecular formula is C21H26ClN2O3+. The van der Waals surface area contributed by atoms with Crippen LogP contribution in [0.5, 0.6) is 11.5 Å². The van der Waals surface area contributed by atoms with E-state index in [4.69, 9.17) is 21.1 Å². The SMILES string of the molecule is COc1ccc(OC)c([C@H]2CCC[NH+]2CC(=O)NCc2cccc(Cl)c2)c1. The molecule has 144 valence electrons. The van der Waals surface area contributed by atoms with Crippen LogP contribution in [-0.4, -0.2) is 33.2 Å². The lowest BCUT2D eigenvalue weighted by atomic mass is 10.0. The largest absolute Gasteiger partial charge is 0.497 e. The summed E-state index contributed by atoms with van der Waals surface area (Å²) in [4.78, 5) is 13.7. The molecule has 0 spiro atoms. The topological polar surface area (TPSA) is 52.0 Å². The molecule has 2 aromatic carbocycles. The van der Waals surface area contributed by atoms with Gasteiger partial charge in [0.1, 0.15) is 17.5 Å². The first-order valence-corrected chi connectivity index (χ1v) is 9.56. The van der Waals surface area contributed by atoms with Crippen molar-refractivity contribution in [3.63, 3.8) is 0 Å². The number of hydrogen-bond acceptors (Lipinski definition) is 3. The van der Waals surface area contributed by atoms with Gasteiger partial charge in [0.25, 0.3) is 5.91 Å². The Hall–Kier alpha value is -2.24. The van der Waals surface area contributed by atoms with E-state index in [-0.39, 0.29) is 11.9 Å². The van der Waals surface area contributed by atoms with Crippen LogP contribution in [0.2, 0.25) is 5.02 Å². The zero-order valence-corrected chi connectivity index (χ0v) is 16.5. The molecule has 1 amide bonds. The number of carbonyl (C=O) groups is 1. The Bertz CT molecular complexity index is 797. The maximum atomic E-state index is 12.5. The average Bonchev–Trinajstić information content (AvgIpc) is 3.13. The molecule has 1 aliphatic rings. The highest BCUT2D eigenvalue weighted by atomic mass is 35.5. The second-order valence-electron chi connectivity index (χ2n) is 6.79. The second kappa shape index (κ2) is 9.11. The van der Waals surface area contributed by atoms with Crippen LogP contribution in [0.4, 0.5) is 0 Å². The van der Waals surface area contributed by atoms with Crippen LogP contribution >= 0.6 is 11.6 Å². The van der Waals surface area contributed by atoms with Gasteiger partial charge in [-0.15, -0.1) is 0 Å². The molecule has 0 aliphatic carbocycles. The number of nitrogens with one attached hydrogen (secondary N) is 2. The van der Waals surface area contributed by atoms with Crippen molar-refractivity contribution in [3.05, 3.63) is 58.6 Å². The summed E-state index contributed by atoms with van der Waals surface area (Å²) in [6.07, 6.45) is 2.11. The molecule has 0 bridgehead atoms. The Morgan fingerprint density at radius 3 is 2.81 bits per heavy atom. The van der Waals surface area contributed by atoms with Crippen molar-refractivity contribution in [1.29, 1.82) is 0 Å². The molecule has 1 unspecified atom stereocenters. The summed E-state index contributed by atoms with van der Waals surface area (Å²) in [7, 11) is 3.34. The van der Waals surface area contributed by atoms with Gasteiger partial charge in [-0.05, 0) is 35.9 Å². The molecule has 2 N–H and O–H groups in total. The quantitative estimate of drug-likeness (QED) is 0.764. The summed E-state index contributed by atoms with van der Waals surface area (Å²) in [5, 5.41) is 3.68. The summed E-state index contributed by atoms with van der Waals surface area (Å²) in [5.74, 6) is 1.70. The van der Waals surface area contributed by atoms with Gasteiger partial charge in [-0.25, -0.2) is 0 Å². The fraction of sp³-hybridized carbons (Fsp3) is 0.381. The molecule has 0 radical (unpaired) electrons. The minimum absolute atomic E-state index is 0.0405. The van der Waals surface area contributed by atoms with Gasteiger partial charge in [0.15, 0.2) is 6.54 Å². The molecule has 3 rings (SSSR count). The van der Waals surface area contributed by atoms with Gasteiger partial charge in [0, 0.05) is 24.4 Å². The van der Waals surface area contributed by atoms with Crippen LogP contribution in [0.3, 0.4) is 0 Å². The highest BCUT2D eigenvalue weighted by Gasteiger charge is 2.33. The minimum atomic E-state index is 0.0405. The van der Waals surface area contributed by atoms with E-state index in [1.54, 1.807) is 14.2 Å². The van der Waals surface area contributed by atoms with Crippen molar-refractivity contribution in [2.45, 2.75) is 25.4 Å². The Balaban J connectivity index is 1.65. The van der Waals surface area contributed by atoms with Crippen molar-refractivity contribution in [2.75, 3.05) is 27.3 Å². The van der Waals surface area contributed by atoms with Gasteiger partial charge in [-0.3, -0.25) is 4.79 Å². The van der Waals surface area contributed by atoms with Gasteiger partial charge in [0.05, 0.1) is 26.3 Å². The number of amides is 1. The molecule has 27 heavy (non-hydrogen) atoms. The van der Waals surface area contributed by atoms with Crippen LogP contribution in [0.15, 0.2) is 42.5 Å². The van der Waals surface area contributed by atoms with E-state index in [1.165, 1.54) is 4.90 Å². The summed E-state index contributed by atoms with van der Waals surface area (Å²) in [5.41, 5.74) is 2.10. The first kappa shape index (κ1) is 19.5. The number of halogens is 1. The fourth-order valence-electron chi connectivity index (χ4n) is 3.73. The summed E-state index contributed by atoms with van der Waals surface area (Å²) >= 11 is 6.00. The maximum Gasteiger partial charge on any atom is 0.275 e. The normalized spacial score (nSPS) is 18.9. The van der Waals surface area contributed by atoms with E-state index < -0.39 is 0 Å². The molecule has 5 nitrogen and oxygen atoms in total. The smallest absolute Gasteiger partial charge is 0.275 e. The first-order chi connectivity index (χ1) is 13.1. The zero-order valence-electron chi connectivity index (χ0n) is 15.8. The van der Waals surface area contributed by atoms with E-state index in [9.17, 15) is 4.79 Å². The second-order valence-corrected chi connectivity index (χ2v) is 7.23. The molecule has 1 saturated heterocycles. The lowest BCUT2D eigenvalue weighted by Gasteiger charge is -2.23. The molecule has 1 heterocycles. The number of rotatable bonds is 7. The Kier molecular flexibility index (Phi) is 6.58. The van der Waals surface area contributed by atoms with Crippen molar-refractivity contribution >= 4 is 17.5 Å². The van der Waals surface area contributed by atoms with E-state index in [1.807, 2.05) is 42.5 Å². The maximum absolute atomic E-state index is 12.5. The predicted molar refractivity (Wildman–Crippen MR) is 106 cm³/mol. The fourth-order valence-corrected chi connectivity index (χ4v) is 3.94. The Labute approximate surface area is 165 Å². The third-order valence-electron chi connectivity index (χ3n) is 5.06. The lowest BCUT2D eigenvalue weighted by molar-refractivity contribution is -0.910. The van der Waals surface area contributed by atoms with Crippen LogP contribution < -0.4 is 19.7 Å². The van der Waals surface area contributed by atoms with Crippen LogP contribution in [0.1, 0.15) is 30.0 Å². The molecule has 6 heteroatoms. The van der Waals surface area contributed by atoms with Crippen LogP contribution in [-0.2, 0) is 11.3 Å². The van der Waals surface area contributed by atoms with Gasteiger partial charge in [-0.2, -0.15) is 0 Å². The average molecular weight is 390 g/mol. The molecular weight excluding hydrogens is 364 g/mol. The predicted octanol–water partition coefficient (Wildman–Crippen LogP) is 2.39. The Morgan fingerprint density at radius 2 is 2.07 bits per heavy atom. The van der Waals surface area contributed by atoms with Crippen molar-refractivity contribution in [3.8, 4) is 11.5 Å². The molecule has 0 aromatic heterocycles. The number of quaternary nitrogens is 1. The third-order valence-corrected chi connectivity index (χ3v) is 5.30. The van der Waals surface area contributed by atoms with Gasteiger partial charge >= 0.3 is 0 Å². The van der Waals surface area contributed by atoms with Crippen molar-refractivity contribution < 1.29 is 19.2 Å². The number of hydrogen-bond donors (Lipinski definition) is 2. The number of ether oxygens (including phenoxy) is 2. The lowest BCUT2D eigenvalue weighted by Crippen LogP contribution is -3.11. The van der Waals surface area contributed by atoms with Crippen molar-refractivity contribution in [2.24, 2.45) is 0 Å². The summed E-state index contributed by atoms with van der Waals surface area (Å²) in [6.45, 7) is 1.89. The Morgan fingerprint density at radius 1 is 1.22 bits per heavy atom. The number of carbonyl (C=O) groups excluding carboxylic acids is 1. The zero-order chi connectivity index (χ0) is 19.2. The number of methoxy groups -OCH3 is 2. The van der Waals surface area contributed by atoms with E-state index in [2.05, 4.69) is 5.32 Å². The molecule has 2 aromatic rings. The molecule has 1 fully saturated rings. The van der Waals surface area contributed by atoms with Crippen LogP contribution in [0.25, 0.3) is 0 Å². The summed E-state index contributed by atoms with van der Waals surface area (Å²) in [6, 6.07) is 13.6. The molecule has 2 atom stereocenters. The highest BCUT2D eigenvalue weighted by Crippen LogP contribution is 2.31. The standard InChI is InChI=1S/C21H25ClN2O3/c1-26-17-8-9-20(27-2)18(12-17)19-7-4-10-24(19)14-21(25)23-13-15-5-3-6-16(22)11-15/h3,5-6,8-9,11-12,19H,4,7,10,13-14H2,1-2H3,(H,23,25)/p+1/t19-/m1/s1.